The van der Waals surface area contributed by atoms with Gasteiger partial charge in [-0.3, -0.25) is 0 Å². The Balaban J connectivity index is 1.77. The van der Waals surface area contributed by atoms with Crippen molar-refractivity contribution >= 4 is 19.1 Å². The molecular weight excluding hydrogens is 423 g/mol. The summed E-state index contributed by atoms with van der Waals surface area (Å²) in [6, 6.07) is 12.7. The number of rotatable bonds is 7. The fourth-order valence-electron chi connectivity index (χ4n) is 3.44. The average molecular weight is 451 g/mol. The van der Waals surface area contributed by atoms with Crippen molar-refractivity contribution in [3.05, 3.63) is 60.0 Å². The van der Waals surface area contributed by atoms with Gasteiger partial charge in [0.05, 0.1) is 11.8 Å². The van der Waals surface area contributed by atoms with Crippen molar-refractivity contribution in [1.82, 2.24) is 19.7 Å². The monoisotopic (exact) mass is 450 g/mol. The fourth-order valence-corrected chi connectivity index (χ4v) is 4.19. The lowest BCUT2D eigenvalue weighted by Gasteiger charge is -2.15. The average Bonchev–Trinajstić information content (AvgIpc) is 3.09. The van der Waals surface area contributed by atoms with Gasteiger partial charge in [0.1, 0.15) is 35.0 Å². The highest BCUT2D eigenvalue weighted by Crippen LogP contribution is 2.31. The summed E-state index contributed by atoms with van der Waals surface area (Å²) in [7, 11) is -1.20. The summed E-state index contributed by atoms with van der Waals surface area (Å²) in [6.07, 6.45) is 1.67. The summed E-state index contributed by atoms with van der Waals surface area (Å²) in [5.74, 6) is 0.120. The Kier molecular flexibility index (Phi) is 6.08. The van der Waals surface area contributed by atoms with Crippen LogP contribution in [0.1, 0.15) is 5.56 Å². The first kappa shape index (κ1) is 22.1. The van der Waals surface area contributed by atoms with Crippen molar-refractivity contribution < 1.29 is 14.2 Å². The van der Waals surface area contributed by atoms with Gasteiger partial charge >= 0.3 is 0 Å². The van der Waals surface area contributed by atoms with Gasteiger partial charge in [0, 0.05) is 20.2 Å². The van der Waals surface area contributed by atoms with Gasteiger partial charge in [-0.1, -0.05) is 31.8 Å². The number of phenols is 1. The number of aryl methyl sites for hydroxylation is 1. The first-order valence-corrected chi connectivity index (χ1v) is 14.3. The number of hydrogen-bond donors (Lipinski definition) is 1. The largest absolute Gasteiger partial charge is 0.508 e. The van der Waals surface area contributed by atoms with Crippen LogP contribution in [0, 0.1) is 12.7 Å². The molecule has 0 aliphatic heterocycles. The van der Waals surface area contributed by atoms with E-state index in [4.69, 9.17) is 14.8 Å². The highest BCUT2D eigenvalue weighted by molar-refractivity contribution is 6.76. The van der Waals surface area contributed by atoms with Crippen molar-refractivity contribution in [3.8, 4) is 28.4 Å². The topological polar surface area (TPSA) is 73.1 Å². The van der Waals surface area contributed by atoms with E-state index in [2.05, 4.69) is 24.6 Å². The van der Waals surface area contributed by atoms with E-state index < -0.39 is 8.07 Å². The number of halogens is 1. The minimum atomic E-state index is -1.20. The first-order chi connectivity index (χ1) is 15.2. The summed E-state index contributed by atoms with van der Waals surface area (Å²) >= 11 is 0. The van der Waals surface area contributed by atoms with Crippen LogP contribution in [-0.4, -0.2) is 39.5 Å². The SMILES string of the molecule is Cc1cccc(F)c1-c1ncc2c(n1)c(-c1ccc(O)cc1)nn2COCC[Si](C)(C)C. The van der Waals surface area contributed by atoms with Crippen LogP contribution in [0.3, 0.4) is 0 Å². The van der Waals surface area contributed by atoms with Gasteiger partial charge in [-0.2, -0.15) is 5.10 Å². The maximum atomic E-state index is 14.6. The Bertz CT molecular complexity index is 1230. The molecule has 2 aromatic heterocycles. The molecule has 4 rings (SSSR count). The summed E-state index contributed by atoms with van der Waals surface area (Å²) in [5.41, 5.74) is 3.88. The standard InChI is InChI=1S/C24H27FN4O2Si/c1-16-6-5-7-19(25)21(16)24-26-14-20-23(27-24)22(17-8-10-18(30)11-9-17)28-29(20)15-31-12-13-32(2,3)4/h5-11,14,30H,12-13,15H2,1-4H3. The lowest BCUT2D eigenvalue weighted by molar-refractivity contribution is 0.0818. The molecular formula is C24H27FN4O2Si. The van der Waals surface area contributed by atoms with Gasteiger partial charge in [0.25, 0.3) is 0 Å². The maximum absolute atomic E-state index is 14.6. The lowest BCUT2D eigenvalue weighted by Crippen LogP contribution is -2.22. The molecule has 0 fully saturated rings. The quantitative estimate of drug-likeness (QED) is 0.292. The van der Waals surface area contributed by atoms with Gasteiger partial charge < -0.3 is 9.84 Å². The Labute approximate surface area is 187 Å². The molecule has 0 spiro atoms. The van der Waals surface area contributed by atoms with Crippen molar-refractivity contribution in [3.63, 3.8) is 0 Å². The van der Waals surface area contributed by atoms with Crippen molar-refractivity contribution in [2.75, 3.05) is 6.61 Å². The molecule has 0 aliphatic rings. The van der Waals surface area contributed by atoms with Crippen LogP contribution in [-0.2, 0) is 11.5 Å². The number of hydrogen-bond acceptors (Lipinski definition) is 5. The molecule has 0 unspecified atom stereocenters. The molecule has 0 aliphatic carbocycles. The zero-order chi connectivity index (χ0) is 22.9. The van der Waals surface area contributed by atoms with Crippen LogP contribution < -0.4 is 0 Å². The van der Waals surface area contributed by atoms with E-state index in [1.54, 1.807) is 41.2 Å². The molecule has 6 nitrogen and oxygen atoms in total. The third-order valence-electron chi connectivity index (χ3n) is 5.29. The Morgan fingerprint density at radius 2 is 1.84 bits per heavy atom. The molecule has 0 radical (unpaired) electrons. The van der Waals surface area contributed by atoms with Gasteiger partial charge in [-0.15, -0.1) is 0 Å². The van der Waals surface area contributed by atoms with Crippen LogP contribution >= 0.6 is 0 Å². The summed E-state index contributed by atoms with van der Waals surface area (Å²) in [6.45, 7) is 9.70. The van der Waals surface area contributed by atoms with Crippen molar-refractivity contribution in [2.24, 2.45) is 0 Å². The number of benzene rings is 2. The van der Waals surface area contributed by atoms with Crippen LogP contribution in [0.2, 0.25) is 25.7 Å². The Morgan fingerprint density at radius 3 is 2.53 bits per heavy atom. The highest BCUT2D eigenvalue weighted by atomic mass is 28.3. The first-order valence-electron chi connectivity index (χ1n) is 10.6. The Hall–Kier alpha value is -3.10. The molecule has 0 saturated heterocycles. The summed E-state index contributed by atoms with van der Waals surface area (Å²) < 4.78 is 22.2. The predicted molar refractivity (Wildman–Crippen MR) is 127 cm³/mol. The van der Waals surface area contributed by atoms with Crippen LogP contribution in [0.5, 0.6) is 5.75 Å². The van der Waals surface area contributed by atoms with Gasteiger partial charge in [0.2, 0.25) is 0 Å². The number of nitrogens with zero attached hydrogens (tertiary/aromatic N) is 4. The van der Waals surface area contributed by atoms with E-state index in [1.807, 2.05) is 13.0 Å². The Morgan fingerprint density at radius 1 is 1.09 bits per heavy atom. The summed E-state index contributed by atoms with van der Waals surface area (Å²) in [5, 5.41) is 14.4. The van der Waals surface area contributed by atoms with E-state index in [9.17, 15) is 9.50 Å². The van der Waals surface area contributed by atoms with Crippen LogP contribution in [0.4, 0.5) is 4.39 Å². The molecule has 2 heterocycles. The smallest absolute Gasteiger partial charge is 0.163 e. The molecule has 0 atom stereocenters. The van der Waals surface area contributed by atoms with E-state index in [-0.39, 0.29) is 18.3 Å². The molecule has 32 heavy (non-hydrogen) atoms. The van der Waals surface area contributed by atoms with Crippen LogP contribution in [0.25, 0.3) is 33.7 Å². The number of aromatic nitrogens is 4. The maximum Gasteiger partial charge on any atom is 0.163 e. The van der Waals surface area contributed by atoms with E-state index in [0.717, 1.165) is 17.2 Å². The predicted octanol–water partition coefficient (Wildman–Crippen LogP) is 5.63. The van der Waals surface area contributed by atoms with E-state index in [0.29, 0.717) is 34.7 Å². The molecule has 4 aromatic rings. The van der Waals surface area contributed by atoms with E-state index >= 15 is 0 Å². The van der Waals surface area contributed by atoms with Crippen molar-refractivity contribution in [2.45, 2.75) is 39.3 Å². The number of fused-ring (bicyclic) bond motifs is 1. The lowest BCUT2D eigenvalue weighted by atomic mass is 10.1. The van der Waals surface area contributed by atoms with Crippen LogP contribution in [0.15, 0.2) is 48.7 Å². The number of aromatic hydroxyl groups is 1. The molecule has 0 bridgehead atoms. The zero-order valence-electron chi connectivity index (χ0n) is 18.8. The molecule has 0 saturated carbocycles. The zero-order valence-corrected chi connectivity index (χ0v) is 19.8. The number of ether oxygens (including phenoxy) is 1. The molecule has 0 amide bonds. The molecule has 1 N–H and O–H groups in total. The second-order valence-electron chi connectivity index (χ2n) is 9.10. The normalized spacial score (nSPS) is 11.9. The highest BCUT2D eigenvalue weighted by Gasteiger charge is 2.19. The van der Waals surface area contributed by atoms with Crippen molar-refractivity contribution in [1.29, 1.82) is 0 Å². The third kappa shape index (κ3) is 4.71. The second-order valence-corrected chi connectivity index (χ2v) is 14.7. The second kappa shape index (κ2) is 8.80. The summed E-state index contributed by atoms with van der Waals surface area (Å²) in [4.78, 5) is 9.16. The number of phenolic OH excluding ortho intramolecular Hbond substituents is 1. The molecule has 8 heteroatoms. The minimum Gasteiger partial charge on any atom is -0.508 e. The third-order valence-corrected chi connectivity index (χ3v) is 6.99. The fraction of sp³-hybridized carbons (Fsp3) is 0.292. The minimum absolute atomic E-state index is 0.171. The van der Waals surface area contributed by atoms with Gasteiger partial charge in [0.15, 0.2) is 5.82 Å². The molecule has 2 aromatic carbocycles. The van der Waals surface area contributed by atoms with Gasteiger partial charge in [-0.05, 0) is 48.9 Å². The molecule has 166 valence electrons. The van der Waals surface area contributed by atoms with Gasteiger partial charge in [-0.25, -0.2) is 19.0 Å². The van der Waals surface area contributed by atoms with E-state index in [1.165, 1.54) is 6.07 Å².